The summed E-state index contributed by atoms with van der Waals surface area (Å²) < 4.78 is 17.5. The number of carbonyl (C=O) groups excluding carboxylic acids is 1. The van der Waals surface area contributed by atoms with E-state index in [1.165, 1.54) is 0 Å². The molecule has 0 atom stereocenters. The van der Waals surface area contributed by atoms with E-state index in [9.17, 15) is 4.79 Å². The van der Waals surface area contributed by atoms with E-state index >= 15 is 0 Å². The average molecular weight is 423 g/mol. The maximum Gasteiger partial charge on any atom is 0.185 e. The molecule has 0 aliphatic heterocycles. The molecule has 0 saturated carbocycles. The molecule has 0 bridgehead atoms. The highest BCUT2D eigenvalue weighted by Gasteiger charge is 2.13. The molecule has 0 unspecified atom stereocenters. The first-order valence-electron chi connectivity index (χ1n) is 11.1. The summed E-state index contributed by atoms with van der Waals surface area (Å²) in [6.07, 6.45) is 8.68. The lowest BCUT2D eigenvalue weighted by molar-refractivity contribution is 0.104. The molecule has 0 heterocycles. The van der Waals surface area contributed by atoms with Crippen LogP contribution in [0.1, 0.15) is 61.5 Å². The van der Waals surface area contributed by atoms with E-state index in [1.54, 1.807) is 18.2 Å². The van der Waals surface area contributed by atoms with Crippen LogP contribution >= 0.6 is 0 Å². The molecule has 4 nitrogen and oxygen atoms in total. The Labute approximate surface area is 186 Å². The van der Waals surface area contributed by atoms with E-state index < -0.39 is 0 Å². The van der Waals surface area contributed by atoms with Crippen molar-refractivity contribution in [3.63, 3.8) is 0 Å². The van der Waals surface area contributed by atoms with E-state index in [2.05, 4.69) is 27.4 Å². The third-order valence-electron chi connectivity index (χ3n) is 4.47. The minimum Gasteiger partial charge on any atom is -0.494 e. The lowest BCUT2D eigenvalue weighted by atomic mass is 10.0. The van der Waals surface area contributed by atoms with Crippen molar-refractivity contribution >= 4 is 11.9 Å². The average Bonchev–Trinajstić information content (AvgIpc) is 2.79. The van der Waals surface area contributed by atoms with Gasteiger partial charge in [0.05, 0.1) is 19.8 Å². The molecular weight excluding hydrogens is 388 g/mol. The van der Waals surface area contributed by atoms with Gasteiger partial charge in [-0.1, -0.05) is 32.9 Å². The number of carbonyl (C=O) groups is 1. The topological polar surface area (TPSA) is 44.8 Å². The lowest BCUT2D eigenvalue weighted by Crippen LogP contribution is -2.04. The van der Waals surface area contributed by atoms with Crippen molar-refractivity contribution in [2.24, 2.45) is 0 Å². The van der Waals surface area contributed by atoms with Crippen LogP contribution in [-0.2, 0) is 6.42 Å². The van der Waals surface area contributed by atoms with Crippen LogP contribution in [0.2, 0.25) is 0 Å². The molecule has 0 fully saturated rings. The zero-order chi connectivity index (χ0) is 22.5. The zero-order valence-electron chi connectivity index (χ0n) is 19.0. The molecule has 0 radical (unpaired) electrons. The van der Waals surface area contributed by atoms with Crippen LogP contribution in [0.15, 0.2) is 55.1 Å². The Hall–Kier alpha value is -3.01. The van der Waals surface area contributed by atoms with Crippen molar-refractivity contribution in [1.82, 2.24) is 0 Å². The van der Waals surface area contributed by atoms with Crippen LogP contribution in [0.25, 0.3) is 6.08 Å². The van der Waals surface area contributed by atoms with Gasteiger partial charge >= 0.3 is 0 Å². The highest BCUT2D eigenvalue weighted by atomic mass is 16.5. The minimum absolute atomic E-state index is 0.0605. The van der Waals surface area contributed by atoms with Gasteiger partial charge in [0.25, 0.3) is 0 Å². The highest BCUT2D eigenvalue weighted by Crippen LogP contribution is 2.34. The third-order valence-corrected chi connectivity index (χ3v) is 4.47. The van der Waals surface area contributed by atoms with Gasteiger partial charge in [-0.25, -0.2) is 0 Å². The van der Waals surface area contributed by atoms with E-state index in [0.29, 0.717) is 37.6 Å². The molecule has 2 rings (SSSR count). The van der Waals surface area contributed by atoms with Crippen LogP contribution in [0.3, 0.4) is 0 Å². The molecule has 4 heteroatoms. The Morgan fingerprint density at radius 3 is 2.19 bits per heavy atom. The van der Waals surface area contributed by atoms with Gasteiger partial charge in [0, 0.05) is 11.1 Å². The second-order valence-electron chi connectivity index (χ2n) is 7.27. The molecule has 0 aliphatic carbocycles. The molecule has 0 N–H and O–H groups in total. The summed E-state index contributed by atoms with van der Waals surface area (Å²) >= 11 is 0. The summed E-state index contributed by atoms with van der Waals surface area (Å²) in [7, 11) is 0. The fraction of sp³-hybridized carbons (Fsp3) is 0.370. The molecular formula is C27H34O4. The van der Waals surface area contributed by atoms with Gasteiger partial charge in [0.2, 0.25) is 0 Å². The molecule has 0 amide bonds. The SMILES string of the molecule is C=CCc1cc(C=CC(=O)c2ccc(OCCC)cc2)cc(OCCC)c1OCCC. The second-order valence-corrected chi connectivity index (χ2v) is 7.27. The second kappa shape index (κ2) is 13.3. The van der Waals surface area contributed by atoms with Crippen molar-refractivity contribution in [3.8, 4) is 17.2 Å². The number of ether oxygens (including phenoxy) is 3. The molecule has 2 aromatic carbocycles. The Balaban J connectivity index is 2.25. The summed E-state index contributed by atoms with van der Waals surface area (Å²) in [5, 5.41) is 0. The van der Waals surface area contributed by atoms with Crippen molar-refractivity contribution in [2.75, 3.05) is 19.8 Å². The molecule has 166 valence electrons. The Morgan fingerprint density at radius 1 is 0.903 bits per heavy atom. The number of allylic oxidation sites excluding steroid dienone is 2. The zero-order valence-corrected chi connectivity index (χ0v) is 19.0. The van der Waals surface area contributed by atoms with Crippen molar-refractivity contribution in [3.05, 3.63) is 71.8 Å². The Morgan fingerprint density at radius 2 is 1.55 bits per heavy atom. The van der Waals surface area contributed by atoms with Gasteiger partial charge in [-0.15, -0.1) is 6.58 Å². The normalized spacial score (nSPS) is 10.8. The maximum absolute atomic E-state index is 12.6. The third kappa shape index (κ3) is 7.63. The smallest absolute Gasteiger partial charge is 0.185 e. The monoisotopic (exact) mass is 422 g/mol. The molecule has 0 aliphatic rings. The summed E-state index contributed by atoms with van der Waals surface area (Å²) in [4.78, 5) is 12.6. The maximum atomic E-state index is 12.6. The summed E-state index contributed by atoms with van der Waals surface area (Å²) in [5.41, 5.74) is 2.52. The molecule has 0 spiro atoms. The number of hydrogen-bond acceptors (Lipinski definition) is 4. The van der Waals surface area contributed by atoms with Gasteiger partial charge in [-0.05, 0) is 73.7 Å². The van der Waals surface area contributed by atoms with Gasteiger partial charge in [0.15, 0.2) is 17.3 Å². The van der Waals surface area contributed by atoms with Gasteiger partial charge in [-0.2, -0.15) is 0 Å². The predicted molar refractivity (Wildman–Crippen MR) is 128 cm³/mol. The van der Waals surface area contributed by atoms with Gasteiger partial charge in [0.1, 0.15) is 5.75 Å². The minimum atomic E-state index is -0.0605. The van der Waals surface area contributed by atoms with Crippen LogP contribution in [-0.4, -0.2) is 25.6 Å². The van der Waals surface area contributed by atoms with Crippen LogP contribution in [0.5, 0.6) is 17.2 Å². The highest BCUT2D eigenvalue weighted by molar-refractivity contribution is 6.06. The first-order valence-corrected chi connectivity index (χ1v) is 11.1. The lowest BCUT2D eigenvalue weighted by Gasteiger charge is -2.17. The fourth-order valence-corrected chi connectivity index (χ4v) is 2.98. The van der Waals surface area contributed by atoms with Crippen LogP contribution < -0.4 is 14.2 Å². The Bertz CT molecular complexity index is 866. The molecule has 0 aromatic heterocycles. The largest absolute Gasteiger partial charge is 0.494 e. The summed E-state index contributed by atoms with van der Waals surface area (Å²) in [6, 6.07) is 11.2. The quantitative estimate of drug-likeness (QED) is 0.194. The fourth-order valence-electron chi connectivity index (χ4n) is 2.98. The van der Waals surface area contributed by atoms with E-state index in [0.717, 1.165) is 41.9 Å². The van der Waals surface area contributed by atoms with Crippen molar-refractivity contribution < 1.29 is 19.0 Å². The predicted octanol–water partition coefficient (Wildman–Crippen LogP) is 6.68. The summed E-state index contributed by atoms with van der Waals surface area (Å²) in [6.45, 7) is 12.0. The van der Waals surface area contributed by atoms with Crippen molar-refractivity contribution in [1.29, 1.82) is 0 Å². The van der Waals surface area contributed by atoms with E-state index in [-0.39, 0.29) is 5.78 Å². The van der Waals surface area contributed by atoms with Gasteiger partial charge < -0.3 is 14.2 Å². The number of benzene rings is 2. The van der Waals surface area contributed by atoms with Gasteiger partial charge in [-0.3, -0.25) is 4.79 Å². The number of rotatable bonds is 14. The molecule has 31 heavy (non-hydrogen) atoms. The standard InChI is InChI=1S/C27H34O4/c1-5-9-23-19-21(20-26(30-17-7-3)27(23)31-18-8-4)10-15-25(28)22-11-13-24(14-12-22)29-16-6-2/h5,10-15,19-20H,1,6-9,16-18H2,2-4H3. The van der Waals surface area contributed by atoms with Crippen LogP contribution in [0.4, 0.5) is 0 Å². The first kappa shape index (κ1) is 24.3. The number of ketones is 1. The Kier molecular flexibility index (Phi) is 10.4. The van der Waals surface area contributed by atoms with E-state index in [1.807, 2.05) is 36.4 Å². The van der Waals surface area contributed by atoms with Crippen LogP contribution in [0, 0.1) is 0 Å². The number of hydrogen-bond donors (Lipinski definition) is 0. The molecule has 2 aromatic rings. The van der Waals surface area contributed by atoms with Crippen molar-refractivity contribution in [2.45, 2.75) is 46.5 Å². The molecule has 0 saturated heterocycles. The van der Waals surface area contributed by atoms with E-state index in [4.69, 9.17) is 14.2 Å². The summed E-state index contributed by atoms with van der Waals surface area (Å²) in [5.74, 6) is 2.19. The first-order chi connectivity index (χ1) is 15.1.